The number of likely N-dealkylation sites (N-methyl/N-ethyl adjacent to an activating group) is 1. The van der Waals surface area contributed by atoms with Gasteiger partial charge in [-0.1, -0.05) is 49.1 Å². The van der Waals surface area contributed by atoms with Gasteiger partial charge in [-0.2, -0.15) is 4.39 Å². The van der Waals surface area contributed by atoms with Crippen molar-refractivity contribution in [2.45, 2.75) is 50.6 Å². The number of aromatic nitrogens is 1. The molecule has 0 spiro atoms. The average Bonchev–Trinajstić information content (AvgIpc) is 3.63. The van der Waals surface area contributed by atoms with Gasteiger partial charge in [-0.15, -0.1) is 6.58 Å². The number of halogens is 3. The van der Waals surface area contributed by atoms with Crippen molar-refractivity contribution >= 4 is 5.84 Å². The number of pyridine rings is 1. The second-order valence-electron chi connectivity index (χ2n) is 8.79. The molecule has 2 heterocycles. The minimum absolute atomic E-state index is 0.0587. The standard InChI is InChI=1S/C14H20N2.C8H8FN.C5H9F2N3/c1-12(14-9-6-10-16(14)2)15-11-13-7-4-3-5-8-13;9-8-7(6-3-4-6)2-1-5-10-8;1-2-3-10(9)5(8)4(6)7/h3-5,7-8,14-15H,1,6,9-11H2,2H3;1-2,5-6H,3-4H2;2,4,8H,1,3,9H2. The van der Waals surface area contributed by atoms with Crippen molar-refractivity contribution in [2.24, 2.45) is 5.84 Å². The van der Waals surface area contributed by atoms with E-state index >= 15 is 0 Å². The van der Waals surface area contributed by atoms with Crippen LogP contribution in [-0.4, -0.2) is 53.3 Å². The maximum absolute atomic E-state index is 12.8. The van der Waals surface area contributed by atoms with Gasteiger partial charge >= 0.3 is 0 Å². The van der Waals surface area contributed by atoms with E-state index in [2.05, 4.69) is 59.7 Å². The lowest BCUT2D eigenvalue weighted by atomic mass is 10.1. The molecule has 2 aromatic rings. The van der Waals surface area contributed by atoms with Crippen LogP contribution in [0.25, 0.3) is 0 Å². The van der Waals surface area contributed by atoms with Gasteiger partial charge in [-0.25, -0.2) is 19.6 Å². The van der Waals surface area contributed by atoms with Crippen molar-refractivity contribution in [1.82, 2.24) is 20.2 Å². The summed E-state index contributed by atoms with van der Waals surface area (Å²) < 4.78 is 36.0. The molecule has 36 heavy (non-hydrogen) atoms. The van der Waals surface area contributed by atoms with Gasteiger partial charge in [-0.05, 0) is 56.8 Å². The van der Waals surface area contributed by atoms with E-state index < -0.39 is 12.3 Å². The van der Waals surface area contributed by atoms with Crippen LogP contribution in [0.5, 0.6) is 0 Å². The smallest absolute Gasteiger partial charge is 0.295 e. The number of benzene rings is 1. The first-order valence-electron chi connectivity index (χ1n) is 12.0. The molecular formula is C27H37F3N6. The lowest BCUT2D eigenvalue weighted by Gasteiger charge is -2.22. The second kappa shape index (κ2) is 15.1. The third-order valence-electron chi connectivity index (χ3n) is 5.93. The highest BCUT2D eigenvalue weighted by atomic mass is 19.3. The second-order valence-corrected chi connectivity index (χ2v) is 8.79. The zero-order valence-electron chi connectivity index (χ0n) is 20.8. The van der Waals surface area contributed by atoms with Gasteiger partial charge < -0.3 is 5.32 Å². The SMILES string of the molecule is C=C(NCc1ccccc1)C1CCCN1C.C=CCN(N)C(=N)C(F)F.Fc1ncccc1C1CC1. The maximum atomic E-state index is 12.8. The Hall–Kier alpha value is -3.17. The summed E-state index contributed by atoms with van der Waals surface area (Å²) >= 11 is 0. The first-order chi connectivity index (χ1) is 17.2. The molecule has 6 nitrogen and oxygen atoms in total. The number of nitrogens with one attached hydrogen (secondary N) is 2. The van der Waals surface area contributed by atoms with Crippen LogP contribution >= 0.6 is 0 Å². The van der Waals surface area contributed by atoms with Crippen molar-refractivity contribution in [3.63, 3.8) is 0 Å². The van der Waals surface area contributed by atoms with Crippen LogP contribution in [0.1, 0.15) is 42.7 Å². The molecule has 1 atom stereocenters. The Morgan fingerprint density at radius 3 is 2.47 bits per heavy atom. The van der Waals surface area contributed by atoms with E-state index in [1.54, 1.807) is 6.07 Å². The van der Waals surface area contributed by atoms with Crippen molar-refractivity contribution in [2.75, 3.05) is 20.1 Å². The number of hydrogen-bond donors (Lipinski definition) is 3. The third kappa shape index (κ3) is 9.83. The van der Waals surface area contributed by atoms with Gasteiger partial charge in [-0.3, -0.25) is 15.3 Å². The molecule has 196 valence electrons. The lowest BCUT2D eigenvalue weighted by Crippen LogP contribution is -2.40. The van der Waals surface area contributed by atoms with Gasteiger partial charge in [0.1, 0.15) is 0 Å². The van der Waals surface area contributed by atoms with Gasteiger partial charge in [0.05, 0.1) is 6.54 Å². The molecule has 0 radical (unpaired) electrons. The number of rotatable bonds is 8. The Bertz CT molecular complexity index is 965. The number of amidine groups is 1. The molecule has 9 heteroatoms. The number of likely N-dealkylation sites (tertiary alicyclic amines) is 1. The van der Waals surface area contributed by atoms with Crippen molar-refractivity contribution in [3.05, 3.63) is 90.7 Å². The van der Waals surface area contributed by atoms with E-state index in [0.717, 1.165) is 30.6 Å². The van der Waals surface area contributed by atoms with E-state index in [0.29, 0.717) is 17.0 Å². The number of nitrogens with two attached hydrogens (primary N) is 1. The molecule has 4 rings (SSSR count). The Kier molecular flexibility index (Phi) is 12.2. The Labute approximate surface area is 212 Å². The Morgan fingerprint density at radius 2 is 1.94 bits per heavy atom. The van der Waals surface area contributed by atoms with Gasteiger partial charge in [0, 0.05) is 30.0 Å². The van der Waals surface area contributed by atoms with Crippen molar-refractivity contribution in [1.29, 1.82) is 5.41 Å². The fourth-order valence-corrected chi connectivity index (χ4v) is 3.74. The van der Waals surface area contributed by atoms with Crippen LogP contribution in [0.15, 0.2) is 73.6 Å². The van der Waals surface area contributed by atoms with Gasteiger partial charge in [0.2, 0.25) is 5.95 Å². The summed E-state index contributed by atoms with van der Waals surface area (Å²) in [4.78, 5) is 5.95. The molecular weight excluding hydrogens is 465 g/mol. The highest BCUT2D eigenvalue weighted by Gasteiger charge is 2.26. The molecule has 0 amide bonds. The molecule has 1 saturated carbocycles. The van der Waals surface area contributed by atoms with Gasteiger partial charge in [0.25, 0.3) is 6.43 Å². The quantitative estimate of drug-likeness (QED) is 0.117. The highest BCUT2D eigenvalue weighted by Crippen LogP contribution is 2.40. The van der Waals surface area contributed by atoms with E-state index in [1.165, 1.54) is 37.2 Å². The molecule has 2 fully saturated rings. The number of nitrogens with zero attached hydrogens (tertiary/aromatic N) is 3. The summed E-state index contributed by atoms with van der Waals surface area (Å²) in [6.45, 7) is 9.56. The average molecular weight is 503 g/mol. The molecule has 1 aromatic carbocycles. The predicted octanol–water partition coefficient (Wildman–Crippen LogP) is 5.07. The molecule has 1 aliphatic carbocycles. The molecule has 1 saturated heterocycles. The fraction of sp³-hybridized carbons (Fsp3) is 0.407. The van der Waals surface area contributed by atoms with Crippen LogP contribution in [0, 0.1) is 11.4 Å². The summed E-state index contributed by atoms with van der Waals surface area (Å²) in [6, 6.07) is 14.6. The highest BCUT2D eigenvalue weighted by molar-refractivity contribution is 5.81. The zero-order valence-corrected chi connectivity index (χ0v) is 20.8. The number of hydrazine groups is 1. The Balaban J connectivity index is 0.000000200. The van der Waals surface area contributed by atoms with Crippen LogP contribution in [0.2, 0.25) is 0 Å². The van der Waals surface area contributed by atoms with E-state index in [-0.39, 0.29) is 12.5 Å². The molecule has 0 bridgehead atoms. The predicted molar refractivity (Wildman–Crippen MR) is 139 cm³/mol. The molecule has 1 aliphatic heterocycles. The summed E-state index contributed by atoms with van der Waals surface area (Å²) in [5, 5.41) is 10.7. The minimum atomic E-state index is -2.81. The summed E-state index contributed by atoms with van der Waals surface area (Å²) in [5.74, 6) is 4.28. The molecule has 1 aromatic heterocycles. The molecule has 1 unspecified atom stereocenters. The third-order valence-corrected chi connectivity index (χ3v) is 5.93. The van der Waals surface area contributed by atoms with Crippen LogP contribution < -0.4 is 11.2 Å². The monoisotopic (exact) mass is 502 g/mol. The number of alkyl halides is 2. The largest absolute Gasteiger partial charge is 0.383 e. The summed E-state index contributed by atoms with van der Waals surface area (Å²) in [7, 11) is 2.17. The van der Waals surface area contributed by atoms with Crippen LogP contribution in [0.4, 0.5) is 13.2 Å². The summed E-state index contributed by atoms with van der Waals surface area (Å²) in [6.07, 6.45) is 4.79. The normalized spacial score (nSPS) is 16.8. The van der Waals surface area contributed by atoms with E-state index in [1.807, 2.05) is 12.1 Å². The van der Waals surface area contributed by atoms with E-state index in [9.17, 15) is 13.2 Å². The first-order valence-corrected chi connectivity index (χ1v) is 12.0. The lowest BCUT2D eigenvalue weighted by molar-refractivity contribution is 0.202. The van der Waals surface area contributed by atoms with Crippen molar-refractivity contribution < 1.29 is 13.2 Å². The zero-order chi connectivity index (χ0) is 26.5. The van der Waals surface area contributed by atoms with Crippen LogP contribution in [0.3, 0.4) is 0 Å². The van der Waals surface area contributed by atoms with Crippen LogP contribution in [-0.2, 0) is 6.54 Å². The topological polar surface area (TPSA) is 81.3 Å². The first kappa shape index (κ1) is 29.1. The Morgan fingerprint density at radius 1 is 1.25 bits per heavy atom. The fourth-order valence-electron chi connectivity index (χ4n) is 3.74. The van der Waals surface area contributed by atoms with E-state index in [4.69, 9.17) is 11.3 Å². The number of hydrogen-bond acceptors (Lipinski definition) is 5. The van der Waals surface area contributed by atoms with Crippen molar-refractivity contribution in [3.8, 4) is 0 Å². The summed E-state index contributed by atoms with van der Waals surface area (Å²) in [5.41, 5.74) is 3.26. The minimum Gasteiger partial charge on any atom is -0.383 e. The molecule has 2 aliphatic rings. The molecule has 4 N–H and O–H groups in total. The van der Waals surface area contributed by atoms with Gasteiger partial charge in [0.15, 0.2) is 5.84 Å². The maximum Gasteiger partial charge on any atom is 0.295 e.